The molecule has 1 aromatic rings. The van der Waals surface area contributed by atoms with Crippen molar-refractivity contribution in [2.45, 2.75) is 37.5 Å². The van der Waals surface area contributed by atoms with Gasteiger partial charge in [-0.3, -0.25) is 9.36 Å². The Morgan fingerprint density at radius 1 is 1.06 bits per heavy atom. The number of nitrogens with one attached hydrogen (secondary N) is 1. The summed E-state index contributed by atoms with van der Waals surface area (Å²) in [6.45, 7) is 1.33. The molecule has 3 N–H and O–H groups in total. The zero-order chi connectivity index (χ0) is 23.5. The van der Waals surface area contributed by atoms with E-state index in [-0.39, 0.29) is 84.4 Å². The van der Waals surface area contributed by atoms with Crippen molar-refractivity contribution in [2.75, 3.05) is 36.3 Å². The smallest absolute Gasteiger partial charge is 0.810 e. The van der Waals surface area contributed by atoms with E-state index in [1.54, 1.807) is 0 Å². The van der Waals surface area contributed by atoms with Gasteiger partial charge in [-0.25, -0.2) is 0 Å². The first-order chi connectivity index (χ1) is 14.5. The van der Waals surface area contributed by atoms with Gasteiger partial charge in [0, 0.05) is 43.5 Å². The van der Waals surface area contributed by atoms with Crippen LogP contribution in [0.5, 0.6) is 0 Å². The summed E-state index contributed by atoms with van der Waals surface area (Å²) in [5.74, 6) is 0.658. The Morgan fingerprint density at radius 3 is 2.15 bits per heavy atom. The number of para-hydroxylation sites is 1. The van der Waals surface area contributed by atoms with Gasteiger partial charge in [0.2, 0.25) is 5.91 Å². The Kier molecular flexibility index (Phi) is 20.6. The first-order valence-corrected chi connectivity index (χ1v) is 14.2. The Labute approximate surface area is 249 Å². The number of hydrogen-bond acceptors (Lipinski definition) is 6. The topological polar surface area (TPSA) is 153 Å². The van der Waals surface area contributed by atoms with Crippen molar-refractivity contribution >= 4 is 50.0 Å². The molecule has 0 aliphatic heterocycles. The van der Waals surface area contributed by atoms with Crippen LogP contribution < -0.4 is 79.1 Å². The molecule has 9 nitrogen and oxygen atoms in total. The molecule has 0 saturated heterocycles. The Hall–Kier alpha value is 1.37. The maximum Gasteiger partial charge on any atom is 1.00 e. The summed E-state index contributed by atoms with van der Waals surface area (Å²) in [6, 6.07) is 7.81. The zero-order valence-electron chi connectivity index (χ0n) is 19.0. The molecule has 0 saturated carbocycles. The number of anilines is 1. The summed E-state index contributed by atoms with van der Waals surface area (Å²) in [7, 11) is -10.5. The number of benzene rings is 1. The summed E-state index contributed by atoms with van der Waals surface area (Å²) in [6.07, 6.45) is 0.896. The van der Waals surface area contributed by atoms with E-state index in [0.29, 0.717) is 37.7 Å². The molecule has 1 atom stereocenters. The van der Waals surface area contributed by atoms with Crippen molar-refractivity contribution in [1.82, 2.24) is 5.32 Å². The van der Waals surface area contributed by atoms with Crippen LogP contribution in [0.1, 0.15) is 31.2 Å². The summed E-state index contributed by atoms with van der Waals surface area (Å²) in [5.41, 5.74) is 2.09. The van der Waals surface area contributed by atoms with Gasteiger partial charge >= 0.3 is 66.7 Å². The van der Waals surface area contributed by atoms with E-state index >= 15 is 0 Å². The van der Waals surface area contributed by atoms with Gasteiger partial charge in [0.1, 0.15) is 0 Å². The van der Waals surface area contributed by atoms with E-state index in [1.807, 2.05) is 24.3 Å². The quantitative estimate of drug-likeness (QED) is 0.0838. The number of alkyl halides is 2. The number of carbonyl (C=O) groups excluding carboxylic acids is 1. The first kappa shape index (κ1) is 36.5. The van der Waals surface area contributed by atoms with Crippen molar-refractivity contribution in [3.63, 3.8) is 0 Å². The maximum absolute atomic E-state index is 12.0. The third-order valence-corrected chi connectivity index (χ3v) is 8.72. The molecule has 178 valence electrons. The molecule has 0 fully saturated rings. The number of halogens is 2. The van der Waals surface area contributed by atoms with Gasteiger partial charge in [-0.1, -0.05) is 25.8 Å². The van der Waals surface area contributed by atoms with Gasteiger partial charge in [-0.2, -0.15) is 0 Å². The minimum Gasteiger partial charge on any atom is -0.810 e. The van der Waals surface area contributed by atoms with Crippen molar-refractivity contribution in [3.05, 3.63) is 29.8 Å². The summed E-state index contributed by atoms with van der Waals surface area (Å²) in [5, 5.41) is 0.308. The van der Waals surface area contributed by atoms with Crippen LogP contribution in [0.4, 0.5) is 5.69 Å². The van der Waals surface area contributed by atoms with Gasteiger partial charge < -0.3 is 34.4 Å². The second kappa shape index (κ2) is 18.6. The number of aryl methyl sites for hydroxylation is 1. The molecule has 0 aliphatic rings. The molecule has 1 rings (SSSR count). The Bertz CT molecular complexity index is 771. The normalized spacial score (nSPS) is 12.3. The molecular weight excluding hydrogens is 535 g/mol. The van der Waals surface area contributed by atoms with Gasteiger partial charge in [-0.05, 0) is 37.3 Å². The third kappa shape index (κ3) is 14.6. The number of hydrogen-bond donors (Lipinski definition) is 3. The molecule has 0 aliphatic carbocycles. The number of amides is 1. The van der Waals surface area contributed by atoms with Gasteiger partial charge in [-0.15, -0.1) is 23.2 Å². The largest absolute Gasteiger partial charge is 1.00 e. The van der Waals surface area contributed by atoms with Crippen molar-refractivity contribution in [1.29, 1.82) is 0 Å². The van der Waals surface area contributed by atoms with Crippen LogP contribution in [0, 0.1) is 0 Å². The fourth-order valence-electron chi connectivity index (χ4n) is 3.14. The van der Waals surface area contributed by atoms with Crippen molar-refractivity contribution in [3.8, 4) is 0 Å². The molecule has 1 aromatic carbocycles. The van der Waals surface area contributed by atoms with Crippen LogP contribution in [0.3, 0.4) is 0 Å². The fourth-order valence-corrected chi connectivity index (χ4v) is 6.04. The van der Waals surface area contributed by atoms with Gasteiger partial charge in [0.15, 0.2) is 0 Å². The second-order valence-corrected chi connectivity index (χ2v) is 11.6. The van der Waals surface area contributed by atoms with Crippen LogP contribution in [0.25, 0.3) is 0 Å². The number of nitrogens with zero attached hydrogens (tertiary/aromatic N) is 1. The van der Waals surface area contributed by atoms with E-state index in [0.717, 1.165) is 11.3 Å². The van der Waals surface area contributed by atoms with Crippen LogP contribution >= 0.6 is 38.4 Å². The van der Waals surface area contributed by atoms with Crippen LogP contribution in [0.2, 0.25) is 0 Å². The van der Waals surface area contributed by atoms with E-state index in [4.69, 9.17) is 33.0 Å². The summed E-state index contributed by atoms with van der Waals surface area (Å²) >= 11 is 11.8. The van der Waals surface area contributed by atoms with E-state index in [2.05, 4.69) is 10.2 Å². The Morgan fingerprint density at radius 2 is 1.64 bits per heavy atom. The average molecular weight is 563 g/mol. The van der Waals surface area contributed by atoms with Crippen molar-refractivity contribution < 1.29 is 92.6 Å². The van der Waals surface area contributed by atoms with E-state index in [9.17, 15) is 23.7 Å². The SMILES string of the molecule is O=C(CCCc1ccccc1N(CCCl)CCCl)NCCCC(P(=O)([O-])[O-])P(=O)(O)O.[Na+].[Na+]. The maximum atomic E-state index is 12.0. The van der Waals surface area contributed by atoms with E-state index in [1.165, 1.54) is 0 Å². The summed E-state index contributed by atoms with van der Waals surface area (Å²) in [4.78, 5) is 54.1. The molecule has 1 unspecified atom stereocenters. The molecular formula is C18H28Cl2N2Na2O7P2. The van der Waals surface area contributed by atoms with Gasteiger partial charge in [0.25, 0.3) is 0 Å². The zero-order valence-corrected chi connectivity index (χ0v) is 26.3. The minimum absolute atomic E-state index is 0. The molecule has 0 bridgehead atoms. The number of carbonyl (C=O) groups is 1. The van der Waals surface area contributed by atoms with E-state index < -0.39 is 27.0 Å². The van der Waals surface area contributed by atoms with Crippen LogP contribution in [-0.2, 0) is 20.3 Å². The molecule has 33 heavy (non-hydrogen) atoms. The van der Waals surface area contributed by atoms with Gasteiger partial charge in [0.05, 0.1) is 5.40 Å². The molecule has 0 aromatic heterocycles. The predicted octanol–water partition coefficient (Wildman–Crippen LogP) is -4.38. The minimum atomic E-state index is -5.43. The van der Waals surface area contributed by atoms with Crippen LogP contribution in [0.15, 0.2) is 24.3 Å². The monoisotopic (exact) mass is 562 g/mol. The molecule has 0 radical (unpaired) electrons. The summed E-state index contributed by atoms with van der Waals surface area (Å²) < 4.78 is 22.2. The molecule has 0 spiro atoms. The molecule has 1 amide bonds. The molecule has 15 heteroatoms. The fraction of sp³-hybridized carbons (Fsp3) is 0.611. The van der Waals surface area contributed by atoms with Crippen molar-refractivity contribution in [2.24, 2.45) is 0 Å². The van der Waals surface area contributed by atoms with Crippen LogP contribution in [-0.4, -0.2) is 52.5 Å². The molecule has 0 heterocycles. The predicted molar refractivity (Wildman–Crippen MR) is 119 cm³/mol. The number of rotatable bonds is 15. The third-order valence-electron chi connectivity index (χ3n) is 4.61. The Balaban J connectivity index is 0. The second-order valence-electron chi connectivity index (χ2n) is 6.95. The first-order valence-electron chi connectivity index (χ1n) is 9.79. The standard InChI is InChI=1S/C18H30Cl2N2O7P2.2Na/c19-10-13-22(14-11-20)16-7-2-1-5-15(16)6-3-8-17(23)21-12-4-9-18(30(24,25)26)31(27,28)29;;/h1-2,5,7,18H,3-4,6,8-14H2,(H,21,23)(H2,24,25,26)(H2,27,28,29);;/q;2*+1/p-2. The average Bonchev–Trinajstić information content (AvgIpc) is 2.66.